The molecule has 1 aliphatic carbocycles. The molecule has 0 saturated heterocycles. The topological polar surface area (TPSA) is 60.7 Å². The summed E-state index contributed by atoms with van der Waals surface area (Å²) in [4.78, 5) is 0. The van der Waals surface area contributed by atoms with E-state index in [0.29, 0.717) is 0 Å². The monoisotopic (exact) mass is 363 g/mol. The van der Waals surface area contributed by atoms with Crippen molar-refractivity contribution in [2.45, 2.75) is 94.5 Å². The minimum atomic E-state index is -0.167. The quantitative estimate of drug-likeness (QED) is 0.445. The second kappa shape index (κ2) is 15.6. The zero-order valence-corrected chi connectivity index (χ0v) is 18.6. The number of allylic oxidation sites excluding steroid dienone is 4. The van der Waals surface area contributed by atoms with Crippen LogP contribution in [0.25, 0.3) is 0 Å². The van der Waals surface area contributed by atoms with Gasteiger partial charge >= 0.3 is 0 Å². The van der Waals surface area contributed by atoms with Gasteiger partial charge in [-0.3, -0.25) is 6.08 Å². The number of hydrogen-bond acceptors (Lipinski definition) is 3. The van der Waals surface area contributed by atoms with E-state index < -0.39 is 0 Å². The fraction of sp³-hybridized carbons (Fsp3) is 0.789. The summed E-state index contributed by atoms with van der Waals surface area (Å²) in [7, 11) is 0. The zero-order valence-electron chi connectivity index (χ0n) is 17.1. The molecule has 0 amide bonds. The first-order chi connectivity index (χ1) is 9.65. The summed E-state index contributed by atoms with van der Waals surface area (Å²) in [5.74, 6) is 0. The van der Waals surface area contributed by atoms with Crippen LogP contribution in [0.2, 0.25) is 0 Å². The summed E-state index contributed by atoms with van der Waals surface area (Å²) in [6.45, 7) is 21.3. The number of aliphatic hydroxyl groups excluding tert-OH is 3. The fourth-order valence-electron chi connectivity index (χ4n) is 1.41. The Kier molecular flexibility index (Phi) is 21.0. The molecule has 138 valence electrons. The molecule has 0 fully saturated rings. The fourth-order valence-corrected chi connectivity index (χ4v) is 1.41. The molecule has 0 spiro atoms. The van der Waals surface area contributed by atoms with Gasteiger partial charge in [0.15, 0.2) is 0 Å². The van der Waals surface area contributed by atoms with Crippen LogP contribution < -0.4 is 0 Å². The van der Waals surface area contributed by atoms with Crippen molar-refractivity contribution in [2.24, 2.45) is 5.41 Å². The van der Waals surface area contributed by atoms with Gasteiger partial charge in [-0.1, -0.05) is 33.1 Å². The van der Waals surface area contributed by atoms with Crippen molar-refractivity contribution in [3.8, 4) is 0 Å². The zero-order chi connectivity index (χ0) is 18.7. The van der Waals surface area contributed by atoms with Crippen LogP contribution in [0.4, 0.5) is 0 Å². The molecule has 0 unspecified atom stereocenters. The third-order valence-electron chi connectivity index (χ3n) is 2.56. The minimum absolute atomic E-state index is 0. The van der Waals surface area contributed by atoms with Gasteiger partial charge in [0.2, 0.25) is 0 Å². The predicted octanol–water partition coefficient (Wildman–Crippen LogP) is 4.27. The Balaban J connectivity index is -0.000000118. The van der Waals surface area contributed by atoms with E-state index in [4.69, 9.17) is 15.3 Å². The molecule has 4 heteroatoms. The van der Waals surface area contributed by atoms with Gasteiger partial charge in [0.05, 0.1) is 0 Å². The Labute approximate surface area is 159 Å². The molecular formula is C19H39O3Ti-. The van der Waals surface area contributed by atoms with Gasteiger partial charge in [-0.05, 0) is 41.5 Å². The molecule has 0 aromatic carbocycles. The Morgan fingerprint density at radius 2 is 0.957 bits per heavy atom. The maximum atomic E-state index is 8.06. The molecule has 0 aromatic rings. The van der Waals surface area contributed by atoms with E-state index in [1.807, 2.05) is 0 Å². The third kappa shape index (κ3) is 24.4. The number of rotatable bonds is 0. The van der Waals surface area contributed by atoms with E-state index in [0.717, 1.165) is 0 Å². The molecule has 0 aliphatic heterocycles. The van der Waals surface area contributed by atoms with Gasteiger partial charge in [-0.25, -0.2) is 5.57 Å². The van der Waals surface area contributed by atoms with Crippen LogP contribution in [-0.4, -0.2) is 33.6 Å². The molecule has 0 heterocycles. The van der Waals surface area contributed by atoms with Gasteiger partial charge in [-0.2, -0.15) is 11.1 Å². The van der Waals surface area contributed by atoms with E-state index in [1.165, 1.54) is 16.7 Å². The van der Waals surface area contributed by atoms with E-state index in [-0.39, 0.29) is 45.4 Å². The smallest absolute Gasteiger partial charge is 0.0483 e. The molecule has 3 nitrogen and oxygen atoms in total. The predicted molar refractivity (Wildman–Crippen MR) is 96.6 cm³/mol. The molecule has 0 atom stereocenters. The van der Waals surface area contributed by atoms with Gasteiger partial charge in [0.25, 0.3) is 0 Å². The normalized spacial score (nSPS) is 14.9. The van der Waals surface area contributed by atoms with Crippen LogP contribution in [0, 0.1) is 11.5 Å². The van der Waals surface area contributed by atoms with Crippen molar-refractivity contribution in [3.63, 3.8) is 0 Å². The molecule has 1 rings (SSSR count). The molecule has 23 heavy (non-hydrogen) atoms. The summed E-state index contributed by atoms with van der Waals surface area (Å²) in [6, 6.07) is 0. The molecule has 0 bridgehead atoms. The van der Waals surface area contributed by atoms with Crippen molar-refractivity contribution in [1.29, 1.82) is 0 Å². The Morgan fingerprint density at radius 1 is 0.739 bits per heavy atom. The summed E-state index contributed by atoms with van der Waals surface area (Å²) >= 11 is 0. The van der Waals surface area contributed by atoms with Crippen LogP contribution in [0.5, 0.6) is 0 Å². The first-order valence-corrected chi connectivity index (χ1v) is 7.99. The van der Waals surface area contributed by atoms with Crippen molar-refractivity contribution >= 4 is 0 Å². The van der Waals surface area contributed by atoms with Crippen LogP contribution in [0.15, 0.2) is 16.7 Å². The summed E-state index contributed by atoms with van der Waals surface area (Å²) in [5.41, 5.74) is 4.39. The minimum Gasteiger partial charge on any atom is -0.394 e. The Morgan fingerprint density at radius 3 is 1.00 bits per heavy atom. The van der Waals surface area contributed by atoms with E-state index in [1.54, 1.807) is 41.5 Å². The van der Waals surface area contributed by atoms with E-state index >= 15 is 0 Å². The van der Waals surface area contributed by atoms with Crippen molar-refractivity contribution < 1.29 is 37.0 Å². The van der Waals surface area contributed by atoms with Gasteiger partial charge < -0.3 is 15.3 Å². The second-order valence-corrected chi connectivity index (χ2v) is 6.91. The van der Waals surface area contributed by atoms with Gasteiger partial charge in [-0.15, -0.1) is 6.92 Å². The average molecular weight is 363 g/mol. The van der Waals surface area contributed by atoms with Crippen LogP contribution in [-0.2, 0) is 21.7 Å². The Hall–Kier alpha value is 0.0743. The summed E-state index contributed by atoms with van der Waals surface area (Å²) < 4.78 is 0. The molecule has 3 N–H and O–H groups in total. The first kappa shape index (κ1) is 30.9. The van der Waals surface area contributed by atoms with E-state index in [9.17, 15) is 0 Å². The molecular weight excluding hydrogens is 324 g/mol. The molecule has 0 saturated carbocycles. The second-order valence-electron chi connectivity index (χ2n) is 6.91. The summed E-state index contributed by atoms with van der Waals surface area (Å²) in [6.07, 6.45) is 2.94. The molecule has 1 aliphatic rings. The van der Waals surface area contributed by atoms with Crippen molar-refractivity contribution in [1.82, 2.24) is 0 Å². The average Bonchev–Trinajstić information content (AvgIpc) is 2.39. The van der Waals surface area contributed by atoms with Crippen LogP contribution >= 0.6 is 0 Å². The third-order valence-corrected chi connectivity index (χ3v) is 2.56. The van der Waals surface area contributed by atoms with Crippen LogP contribution in [0.1, 0.15) is 76.2 Å². The largest absolute Gasteiger partial charge is 0.394 e. The maximum absolute atomic E-state index is 8.06. The van der Waals surface area contributed by atoms with Crippen molar-refractivity contribution in [3.05, 3.63) is 22.8 Å². The summed E-state index contributed by atoms with van der Waals surface area (Å²) in [5, 5.41) is 24.2. The van der Waals surface area contributed by atoms with Crippen LogP contribution in [0.3, 0.4) is 0 Å². The van der Waals surface area contributed by atoms with E-state index in [2.05, 4.69) is 40.7 Å². The van der Waals surface area contributed by atoms with Gasteiger partial charge in [0, 0.05) is 40.0 Å². The standard InChI is InChI=1S/C10H15.3C3H8O.Ti/c1-7-6-10(4,5)9(3)8(7)2;3*1-3(2)4;/h1-5H3;3*3-4H,1-2H3;/q-1;;;;. The Bertz CT molecular complexity index is 318. The SMILES string of the molecule is CC(C)O.CC(C)O.CC(C)O.CC1=[C-]C(C)(C)C(C)=C1C.[Ti]. The molecule has 0 radical (unpaired) electrons. The first-order valence-electron chi connectivity index (χ1n) is 7.99. The molecule has 0 aromatic heterocycles. The van der Waals surface area contributed by atoms with Gasteiger partial charge in [0.1, 0.15) is 0 Å². The number of hydrogen-bond donors (Lipinski definition) is 3. The number of aliphatic hydroxyl groups is 3. The maximum Gasteiger partial charge on any atom is 0.0483 e. The van der Waals surface area contributed by atoms with Crippen molar-refractivity contribution in [2.75, 3.05) is 0 Å².